The van der Waals surface area contributed by atoms with Gasteiger partial charge in [0.15, 0.2) is 6.10 Å². The second-order valence-corrected chi connectivity index (χ2v) is 8.16. The third kappa shape index (κ3) is 6.77. The first-order valence-corrected chi connectivity index (χ1v) is 10.8. The standard InChI is InChI=1S/C23H18Br2N2O4/c1-15(30-18-12-8-17(24)9-13-18)22(28)27-26-14-16-6-10-19(11-7-16)31-23(29)20-4-2-3-5-21(20)25/h2-15H,1H3,(H,27,28)/b26-14+. The van der Waals surface area contributed by atoms with Crippen LogP contribution in [0.2, 0.25) is 0 Å². The van der Waals surface area contributed by atoms with Crippen LogP contribution in [0.15, 0.2) is 86.8 Å². The lowest BCUT2D eigenvalue weighted by Gasteiger charge is -2.12. The van der Waals surface area contributed by atoms with Gasteiger partial charge in [-0.25, -0.2) is 10.2 Å². The molecule has 0 aliphatic carbocycles. The van der Waals surface area contributed by atoms with Crippen molar-refractivity contribution in [3.63, 3.8) is 0 Å². The summed E-state index contributed by atoms with van der Waals surface area (Å²) in [6, 6.07) is 21.0. The molecule has 3 aromatic carbocycles. The Morgan fingerprint density at radius 1 is 0.935 bits per heavy atom. The van der Waals surface area contributed by atoms with Crippen LogP contribution < -0.4 is 14.9 Å². The number of benzene rings is 3. The molecule has 0 radical (unpaired) electrons. The van der Waals surface area contributed by atoms with E-state index in [0.29, 0.717) is 21.5 Å². The van der Waals surface area contributed by atoms with E-state index < -0.39 is 12.1 Å². The normalized spacial score (nSPS) is 11.7. The number of ether oxygens (including phenoxy) is 2. The molecule has 0 spiro atoms. The Bertz CT molecular complexity index is 1080. The summed E-state index contributed by atoms with van der Waals surface area (Å²) in [5.74, 6) is 0.153. The fraction of sp³-hybridized carbons (Fsp3) is 0.0870. The summed E-state index contributed by atoms with van der Waals surface area (Å²) in [4.78, 5) is 24.4. The summed E-state index contributed by atoms with van der Waals surface area (Å²) in [6.45, 7) is 1.64. The van der Waals surface area contributed by atoms with Gasteiger partial charge in [-0.1, -0.05) is 28.1 Å². The van der Waals surface area contributed by atoms with Crippen molar-refractivity contribution in [1.29, 1.82) is 0 Å². The lowest BCUT2D eigenvalue weighted by molar-refractivity contribution is -0.127. The van der Waals surface area contributed by atoms with Crippen molar-refractivity contribution in [1.82, 2.24) is 5.43 Å². The molecule has 0 saturated carbocycles. The number of carbonyl (C=O) groups excluding carboxylic acids is 2. The molecule has 0 bridgehead atoms. The summed E-state index contributed by atoms with van der Waals surface area (Å²) < 4.78 is 12.5. The summed E-state index contributed by atoms with van der Waals surface area (Å²) in [5.41, 5.74) is 3.61. The van der Waals surface area contributed by atoms with Gasteiger partial charge in [0, 0.05) is 8.95 Å². The van der Waals surface area contributed by atoms with Crippen LogP contribution in [0, 0.1) is 0 Å². The highest BCUT2D eigenvalue weighted by Gasteiger charge is 2.14. The predicted molar refractivity (Wildman–Crippen MR) is 126 cm³/mol. The van der Waals surface area contributed by atoms with Gasteiger partial charge in [0.1, 0.15) is 11.5 Å². The van der Waals surface area contributed by atoms with E-state index in [1.54, 1.807) is 61.5 Å². The third-order valence-electron chi connectivity index (χ3n) is 4.07. The zero-order valence-corrected chi connectivity index (χ0v) is 19.6. The summed E-state index contributed by atoms with van der Waals surface area (Å²) in [7, 11) is 0. The smallest absolute Gasteiger partial charge is 0.344 e. The van der Waals surface area contributed by atoms with Crippen molar-refractivity contribution in [2.75, 3.05) is 0 Å². The molecule has 1 amide bonds. The predicted octanol–water partition coefficient (Wildman–Crippen LogP) is 5.35. The summed E-state index contributed by atoms with van der Waals surface area (Å²) >= 11 is 6.68. The molecule has 3 rings (SSSR count). The molecule has 0 aliphatic heterocycles. The number of esters is 1. The van der Waals surface area contributed by atoms with Crippen LogP contribution in [0.4, 0.5) is 0 Å². The van der Waals surface area contributed by atoms with E-state index in [1.807, 2.05) is 18.2 Å². The van der Waals surface area contributed by atoms with E-state index >= 15 is 0 Å². The topological polar surface area (TPSA) is 77.0 Å². The van der Waals surface area contributed by atoms with Crippen LogP contribution in [0.3, 0.4) is 0 Å². The molecule has 31 heavy (non-hydrogen) atoms. The first-order chi connectivity index (χ1) is 14.9. The zero-order chi connectivity index (χ0) is 22.2. The highest BCUT2D eigenvalue weighted by atomic mass is 79.9. The molecule has 1 atom stereocenters. The van der Waals surface area contributed by atoms with Crippen molar-refractivity contribution < 1.29 is 19.1 Å². The Balaban J connectivity index is 1.51. The fourth-order valence-corrected chi connectivity index (χ4v) is 3.15. The SMILES string of the molecule is CC(Oc1ccc(Br)cc1)C(=O)N/N=C/c1ccc(OC(=O)c2ccccc2Br)cc1. The Morgan fingerprint density at radius 2 is 1.58 bits per heavy atom. The molecular weight excluding hydrogens is 528 g/mol. The highest BCUT2D eigenvalue weighted by molar-refractivity contribution is 9.10. The average Bonchev–Trinajstić information content (AvgIpc) is 2.76. The van der Waals surface area contributed by atoms with Gasteiger partial charge < -0.3 is 9.47 Å². The van der Waals surface area contributed by atoms with E-state index in [1.165, 1.54) is 6.21 Å². The first-order valence-electron chi connectivity index (χ1n) is 9.24. The van der Waals surface area contributed by atoms with Crippen molar-refractivity contribution in [2.45, 2.75) is 13.0 Å². The molecule has 1 unspecified atom stereocenters. The van der Waals surface area contributed by atoms with E-state index in [0.717, 1.165) is 10.0 Å². The molecule has 0 aromatic heterocycles. The lowest BCUT2D eigenvalue weighted by Crippen LogP contribution is -2.33. The van der Waals surface area contributed by atoms with Gasteiger partial charge in [-0.05, 0) is 89.1 Å². The number of rotatable bonds is 7. The zero-order valence-electron chi connectivity index (χ0n) is 16.4. The van der Waals surface area contributed by atoms with Gasteiger partial charge in [-0.3, -0.25) is 4.79 Å². The minimum atomic E-state index is -0.711. The number of halogens is 2. The van der Waals surface area contributed by atoms with Gasteiger partial charge in [0.2, 0.25) is 0 Å². The maximum atomic E-state index is 12.2. The summed E-state index contributed by atoms with van der Waals surface area (Å²) in [5, 5.41) is 3.94. The van der Waals surface area contributed by atoms with Crippen LogP contribution in [-0.4, -0.2) is 24.2 Å². The minimum absolute atomic E-state index is 0.377. The highest BCUT2D eigenvalue weighted by Crippen LogP contribution is 2.20. The molecular formula is C23H18Br2N2O4. The van der Waals surface area contributed by atoms with Crippen LogP contribution in [0.1, 0.15) is 22.8 Å². The number of nitrogens with one attached hydrogen (secondary N) is 1. The van der Waals surface area contributed by atoms with Crippen LogP contribution in [0.5, 0.6) is 11.5 Å². The number of amides is 1. The number of carbonyl (C=O) groups is 2. The molecule has 3 aromatic rings. The van der Waals surface area contributed by atoms with Crippen LogP contribution in [-0.2, 0) is 4.79 Å². The Kier molecular flexibility index (Phi) is 7.97. The summed E-state index contributed by atoms with van der Waals surface area (Å²) in [6.07, 6.45) is 0.779. The lowest BCUT2D eigenvalue weighted by atomic mass is 10.2. The molecule has 0 saturated heterocycles. The minimum Gasteiger partial charge on any atom is -0.481 e. The van der Waals surface area contributed by atoms with Crippen molar-refractivity contribution in [3.05, 3.63) is 92.9 Å². The quantitative estimate of drug-likeness (QED) is 0.188. The molecule has 158 valence electrons. The third-order valence-corrected chi connectivity index (χ3v) is 5.29. The number of hydrogen-bond acceptors (Lipinski definition) is 5. The Morgan fingerprint density at radius 3 is 2.26 bits per heavy atom. The van der Waals surface area contributed by atoms with Crippen molar-refractivity contribution >= 4 is 50.0 Å². The molecule has 1 N–H and O–H groups in total. The number of hydrogen-bond donors (Lipinski definition) is 1. The molecule has 0 heterocycles. The van der Waals surface area contributed by atoms with Crippen LogP contribution >= 0.6 is 31.9 Å². The second kappa shape index (κ2) is 10.9. The molecule has 6 nitrogen and oxygen atoms in total. The van der Waals surface area contributed by atoms with Crippen molar-refractivity contribution in [3.8, 4) is 11.5 Å². The van der Waals surface area contributed by atoms with E-state index in [9.17, 15) is 9.59 Å². The Labute approximate surface area is 196 Å². The number of hydrazone groups is 1. The number of nitrogens with zero attached hydrogens (tertiary/aromatic N) is 1. The maximum absolute atomic E-state index is 12.2. The van der Waals surface area contributed by atoms with Gasteiger partial charge in [0.05, 0.1) is 11.8 Å². The van der Waals surface area contributed by atoms with Gasteiger partial charge in [-0.2, -0.15) is 5.10 Å². The second-order valence-electron chi connectivity index (χ2n) is 6.39. The van der Waals surface area contributed by atoms with Gasteiger partial charge in [0.25, 0.3) is 5.91 Å². The fourth-order valence-electron chi connectivity index (χ4n) is 2.44. The van der Waals surface area contributed by atoms with E-state index in [2.05, 4.69) is 42.4 Å². The van der Waals surface area contributed by atoms with Crippen LogP contribution in [0.25, 0.3) is 0 Å². The largest absolute Gasteiger partial charge is 0.481 e. The van der Waals surface area contributed by atoms with Crippen molar-refractivity contribution in [2.24, 2.45) is 5.10 Å². The molecule has 0 fully saturated rings. The van der Waals surface area contributed by atoms with E-state index in [4.69, 9.17) is 9.47 Å². The van der Waals surface area contributed by atoms with Gasteiger partial charge in [-0.15, -0.1) is 0 Å². The maximum Gasteiger partial charge on any atom is 0.344 e. The molecule has 0 aliphatic rings. The average molecular weight is 546 g/mol. The Hall–Kier alpha value is -2.97. The first kappa shape index (κ1) is 22.7. The monoisotopic (exact) mass is 544 g/mol. The molecule has 8 heteroatoms. The van der Waals surface area contributed by atoms with Gasteiger partial charge >= 0.3 is 5.97 Å². The van der Waals surface area contributed by atoms with E-state index in [-0.39, 0.29) is 5.91 Å².